The van der Waals surface area contributed by atoms with Crippen LogP contribution in [0.3, 0.4) is 0 Å². The van der Waals surface area contributed by atoms with E-state index in [9.17, 15) is 24.8 Å². The highest BCUT2D eigenvalue weighted by molar-refractivity contribution is 5.99. The third kappa shape index (κ3) is 5.24. The smallest absolute Gasteiger partial charge is 0.336 e. The van der Waals surface area contributed by atoms with E-state index in [-0.39, 0.29) is 23.4 Å². The van der Waals surface area contributed by atoms with Crippen molar-refractivity contribution in [2.45, 2.75) is 46.0 Å². The molecule has 9 heteroatoms. The Hall–Kier alpha value is -3.20. The van der Waals surface area contributed by atoms with Gasteiger partial charge >= 0.3 is 11.9 Å². The molecular formula is C24H31N3O6. The summed E-state index contributed by atoms with van der Waals surface area (Å²) in [7, 11) is 0. The SMILES string of the molecule is CCOC(=O)C1=C(C)N(CCN2CCCCC2)C(C)=C(C(=O)O)C1c1cccc([N+](=O)[O-])c1. The molecule has 2 aliphatic rings. The van der Waals surface area contributed by atoms with Crippen LogP contribution in [-0.2, 0) is 14.3 Å². The fraction of sp³-hybridized carbons (Fsp3) is 0.500. The molecule has 1 fully saturated rings. The zero-order valence-electron chi connectivity index (χ0n) is 19.4. The molecular weight excluding hydrogens is 426 g/mol. The molecule has 9 nitrogen and oxygen atoms in total. The molecule has 0 saturated carbocycles. The van der Waals surface area contributed by atoms with Crippen molar-refractivity contribution in [3.05, 3.63) is 62.5 Å². The minimum atomic E-state index is -1.17. The number of hydrogen-bond donors (Lipinski definition) is 1. The number of benzene rings is 1. The van der Waals surface area contributed by atoms with Crippen molar-refractivity contribution in [1.82, 2.24) is 9.80 Å². The van der Waals surface area contributed by atoms with E-state index in [4.69, 9.17) is 4.74 Å². The molecule has 1 unspecified atom stereocenters. The number of carbonyl (C=O) groups is 2. The van der Waals surface area contributed by atoms with Crippen LogP contribution in [-0.4, -0.2) is 64.6 Å². The van der Waals surface area contributed by atoms with Crippen LogP contribution in [0.2, 0.25) is 0 Å². The van der Waals surface area contributed by atoms with Gasteiger partial charge in [0.15, 0.2) is 0 Å². The average molecular weight is 458 g/mol. The molecule has 0 amide bonds. The number of nitro groups is 1. The first-order valence-electron chi connectivity index (χ1n) is 11.3. The van der Waals surface area contributed by atoms with Gasteiger partial charge in [-0.15, -0.1) is 0 Å². The number of ether oxygens (including phenoxy) is 1. The van der Waals surface area contributed by atoms with Crippen molar-refractivity contribution >= 4 is 17.6 Å². The zero-order valence-corrected chi connectivity index (χ0v) is 19.4. The van der Waals surface area contributed by atoms with Crippen LogP contribution in [0.25, 0.3) is 0 Å². The van der Waals surface area contributed by atoms with Gasteiger partial charge in [0.25, 0.3) is 5.69 Å². The highest BCUT2D eigenvalue weighted by Crippen LogP contribution is 2.43. The first-order chi connectivity index (χ1) is 15.8. The predicted molar refractivity (Wildman–Crippen MR) is 123 cm³/mol. The summed E-state index contributed by atoms with van der Waals surface area (Å²) in [4.78, 5) is 40.6. The minimum absolute atomic E-state index is 0.0304. The summed E-state index contributed by atoms with van der Waals surface area (Å²) in [5, 5.41) is 21.5. The van der Waals surface area contributed by atoms with Gasteiger partial charge in [0.2, 0.25) is 0 Å². The first kappa shape index (κ1) is 24.4. The standard InChI is InChI=1S/C24H31N3O6/c1-4-33-24(30)21-17(3)26(14-13-25-11-6-5-7-12-25)16(2)20(23(28)29)22(21)18-9-8-10-19(15-18)27(31)32/h8-10,15,22H,4-7,11-14H2,1-3H3,(H,28,29). The van der Waals surface area contributed by atoms with E-state index in [1.807, 2.05) is 4.90 Å². The molecule has 0 spiro atoms. The molecule has 0 aromatic heterocycles. The number of non-ortho nitro benzene ring substituents is 1. The summed E-state index contributed by atoms with van der Waals surface area (Å²) in [6, 6.07) is 5.79. The number of piperidine rings is 1. The van der Waals surface area contributed by atoms with E-state index in [2.05, 4.69) is 4.90 Å². The van der Waals surface area contributed by atoms with Gasteiger partial charge in [-0.2, -0.15) is 0 Å². The number of nitrogens with zero attached hydrogens (tertiary/aromatic N) is 3. The normalized spacial score (nSPS) is 19.6. The average Bonchev–Trinajstić information content (AvgIpc) is 2.79. The Morgan fingerprint density at radius 3 is 2.39 bits per heavy atom. The zero-order chi connectivity index (χ0) is 24.1. The third-order valence-electron chi connectivity index (χ3n) is 6.40. The fourth-order valence-electron chi connectivity index (χ4n) is 4.77. The highest BCUT2D eigenvalue weighted by Gasteiger charge is 2.40. The van der Waals surface area contributed by atoms with Crippen molar-refractivity contribution in [3.8, 4) is 0 Å². The van der Waals surface area contributed by atoms with Gasteiger partial charge in [-0.05, 0) is 52.3 Å². The lowest BCUT2D eigenvalue weighted by atomic mass is 9.79. The maximum Gasteiger partial charge on any atom is 0.336 e. The number of rotatable bonds is 8. The molecule has 0 aliphatic carbocycles. The Bertz CT molecular complexity index is 994. The number of hydrogen-bond acceptors (Lipinski definition) is 7. The second kappa shape index (κ2) is 10.6. The molecule has 1 atom stereocenters. The molecule has 33 heavy (non-hydrogen) atoms. The number of carboxylic acids is 1. The number of aliphatic carboxylic acids is 1. The Labute approximate surface area is 193 Å². The Morgan fingerprint density at radius 1 is 1.12 bits per heavy atom. The van der Waals surface area contributed by atoms with Crippen LogP contribution in [0.15, 0.2) is 46.8 Å². The lowest BCUT2D eigenvalue weighted by molar-refractivity contribution is -0.384. The minimum Gasteiger partial charge on any atom is -0.478 e. The van der Waals surface area contributed by atoms with Gasteiger partial charge in [-0.1, -0.05) is 18.6 Å². The second-order valence-corrected chi connectivity index (χ2v) is 8.36. The van der Waals surface area contributed by atoms with Crippen molar-refractivity contribution in [1.29, 1.82) is 0 Å². The monoisotopic (exact) mass is 457 g/mol. The summed E-state index contributed by atoms with van der Waals surface area (Å²) in [6.07, 6.45) is 3.51. The third-order valence-corrected chi connectivity index (χ3v) is 6.40. The van der Waals surface area contributed by atoms with E-state index in [1.54, 1.807) is 26.8 Å². The van der Waals surface area contributed by atoms with Crippen LogP contribution in [0, 0.1) is 10.1 Å². The molecule has 2 aliphatic heterocycles. The Kier molecular flexibility index (Phi) is 7.86. The van der Waals surface area contributed by atoms with Crippen LogP contribution < -0.4 is 0 Å². The van der Waals surface area contributed by atoms with Crippen LogP contribution in [0.5, 0.6) is 0 Å². The van der Waals surface area contributed by atoms with Crippen molar-refractivity contribution in [2.75, 3.05) is 32.8 Å². The molecule has 2 heterocycles. The fourth-order valence-corrected chi connectivity index (χ4v) is 4.77. The summed E-state index contributed by atoms with van der Waals surface area (Å²) < 4.78 is 5.30. The van der Waals surface area contributed by atoms with Gasteiger partial charge in [-0.3, -0.25) is 10.1 Å². The van der Waals surface area contributed by atoms with Crippen molar-refractivity contribution < 1.29 is 24.4 Å². The number of carbonyl (C=O) groups excluding carboxylic acids is 1. The molecule has 0 radical (unpaired) electrons. The molecule has 1 N–H and O–H groups in total. The number of nitro benzene ring substituents is 1. The number of allylic oxidation sites excluding steroid dienone is 2. The lowest BCUT2D eigenvalue weighted by Crippen LogP contribution is -2.40. The Morgan fingerprint density at radius 2 is 1.79 bits per heavy atom. The van der Waals surface area contributed by atoms with E-state index in [1.165, 1.54) is 24.6 Å². The van der Waals surface area contributed by atoms with E-state index < -0.39 is 22.8 Å². The summed E-state index contributed by atoms with van der Waals surface area (Å²) in [6.45, 7) is 8.64. The van der Waals surface area contributed by atoms with Crippen molar-refractivity contribution in [2.24, 2.45) is 0 Å². The van der Waals surface area contributed by atoms with Gasteiger partial charge in [-0.25, -0.2) is 9.59 Å². The van der Waals surface area contributed by atoms with E-state index >= 15 is 0 Å². The molecule has 0 bridgehead atoms. The molecule has 178 valence electrons. The number of esters is 1. The number of carboxylic acid groups (broad SMARTS) is 1. The van der Waals surface area contributed by atoms with Gasteiger partial charge in [0.1, 0.15) is 0 Å². The number of likely N-dealkylation sites (tertiary alicyclic amines) is 1. The maximum atomic E-state index is 13.1. The highest BCUT2D eigenvalue weighted by atomic mass is 16.6. The molecule has 1 aromatic rings. The quantitative estimate of drug-likeness (QED) is 0.357. The lowest BCUT2D eigenvalue weighted by Gasteiger charge is -2.39. The Balaban J connectivity index is 2.09. The van der Waals surface area contributed by atoms with Gasteiger partial charge < -0.3 is 19.6 Å². The van der Waals surface area contributed by atoms with Crippen molar-refractivity contribution in [3.63, 3.8) is 0 Å². The van der Waals surface area contributed by atoms with Crippen LogP contribution in [0.1, 0.15) is 51.5 Å². The van der Waals surface area contributed by atoms with Gasteiger partial charge in [0.05, 0.1) is 28.6 Å². The predicted octanol–water partition coefficient (Wildman–Crippen LogP) is 3.68. The van der Waals surface area contributed by atoms with E-state index in [0.29, 0.717) is 23.5 Å². The molecule has 1 saturated heterocycles. The van der Waals surface area contributed by atoms with E-state index in [0.717, 1.165) is 32.5 Å². The van der Waals surface area contributed by atoms with Crippen LogP contribution >= 0.6 is 0 Å². The largest absolute Gasteiger partial charge is 0.478 e. The first-order valence-corrected chi connectivity index (χ1v) is 11.3. The summed E-state index contributed by atoms with van der Waals surface area (Å²) >= 11 is 0. The topological polar surface area (TPSA) is 113 Å². The maximum absolute atomic E-state index is 13.1. The molecule has 1 aromatic carbocycles. The van der Waals surface area contributed by atoms with Crippen LogP contribution in [0.4, 0.5) is 5.69 Å². The second-order valence-electron chi connectivity index (χ2n) is 8.36. The van der Waals surface area contributed by atoms with Gasteiger partial charge in [0, 0.05) is 36.6 Å². The molecule has 3 rings (SSSR count). The summed E-state index contributed by atoms with van der Waals surface area (Å²) in [5.41, 5.74) is 1.59. The summed E-state index contributed by atoms with van der Waals surface area (Å²) in [5.74, 6) is -2.74.